The van der Waals surface area contributed by atoms with Crippen molar-refractivity contribution in [3.8, 4) is 5.69 Å². The predicted molar refractivity (Wildman–Crippen MR) is 84.8 cm³/mol. The maximum absolute atomic E-state index is 9.68. The summed E-state index contributed by atoms with van der Waals surface area (Å²) in [6.07, 6.45) is 3.80. The van der Waals surface area contributed by atoms with Gasteiger partial charge in [-0.15, -0.1) is 0 Å². The van der Waals surface area contributed by atoms with Crippen molar-refractivity contribution < 1.29 is 9.84 Å². The maximum atomic E-state index is 9.68. The first-order valence-corrected chi connectivity index (χ1v) is 7.81. The van der Waals surface area contributed by atoms with Crippen molar-refractivity contribution in [2.75, 3.05) is 26.4 Å². The van der Waals surface area contributed by atoms with Gasteiger partial charge in [-0.1, -0.05) is 18.2 Å². The minimum absolute atomic E-state index is 0.0414. The van der Waals surface area contributed by atoms with Crippen LogP contribution < -0.4 is 5.32 Å². The Morgan fingerprint density at radius 1 is 1.18 bits per heavy atom. The van der Waals surface area contributed by atoms with Crippen LogP contribution in [0.5, 0.6) is 0 Å². The summed E-state index contributed by atoms with van der Waals surface area (Å²) in [5.74, 6) is 0. The minimum atomic E-state index is -0.0414. The van der Waals surface area contributed by atoms with E-state index in [1.165, 1.54) is 0 Å². The fourth-order valence-corrected chi connectivity index (χ4v) is 2.83. The molecule has 0 unspecified atom stereocenters. The van der Waals surface area contributed by atoms with Crippen LogP contribution in [0.15, 0.2) is 42.6 Å². The molecule has 1 aromatic heterocycles. The Morgan fingerprint density at radius 3 is 2.68 bits per heavy atom. The Kier molecular flexibility index (Phi) is 4.87. The zero-order valence-corrected chi connectivity index (χ0v) is 12.7. The molecule has 118 valence electrons. The molecule has 0 amide bonds. The van der Waals surface area contributed by atoms with E-state index >= 15 is 0 Å². The molecule has 1 aliphatic heterocycles. The summed E-state index contributed by atoms with van der Waals surface area (Å²) in [6.45, 7) is 3.20. The lowest BCUT2D eigenvalue weighted by Crippen LogP contribution is -2.41. The molecule has 1 fully saturated rings. The summed E-state index contributed by atoms with van der Waals surface area (Å²) in [7, 11) is 0. The van der Waals surface area contributed by atoms with Gasteiger partial charge in [-0.25, -0.2) is 4.68 Å². The van der Waals surface area contributed by atoms with Gasteiger partial charge in [0, 0.05) is 37.9 Å². The van der Waals surface area contributed by atoms with Crippen molar-refractivity contribution in [1.29, 1.82) is 0 Å². The first kappa shape index (κ1) is 15.2. The number of benzene rings is 1. The number of hydrogen-bond acceptors (Lipinski definition) is 4. The van der Waals surface area contributed by atoms with Crippen LogP contribution in [0.1, 0.15) is 18.5 Å². The van der Waals surface area contributed by atoms with E-state index in [0.29, 0.717) is 6.54 Å². The number of nitrogens with zero attached hydrogens (tertiary/aromatic N) is 2. The topological polar surface area (TPSA) is 59.3 Å². The SMILES string of the molecule is OCC1(CNCc2ccn(-c3ccccc3)n2)CCOCC1. The van der Waals surface area contributed by atoms with E-state index in [1.807, 2.05) is 47.3 Å². The highest BCUT2D eigenvalue weighted by Gasteiger charge is 2.31. The zero-order chi connectivity index (χ0) is 15.3. The molecule has 0 bridgehead atoms. The largest absolute Gasteiger partial charge is 0.396 e. The Balaban J connectivity index is 1.55. The molecule has 0 radical (unpaired) electrons. The number of hydrogen-bond donors (Lipinski definition) is 2. The van der Waals surface area contributed by atoms with Crippen LogP contribution in [0.4, 0.5) is 0 Å². The maximum Gasteiger partial charge on any atom is 0.0766 e. The van der Waals surface area contributed by atoms with Crippen molar-refractivity contribution in [2.45, 2.75) is 19.4 Å². The van der Waals surface area contributed by atoms with E-state index in [-0.39, 0.29) is 12.0 Å². The summed E-state index contributed by atoms with van der Waals surface area (Å²) in [6, 6.07) is 12.1. The molecule has 0 atom stereocenters. The van der Waals surface area contributed by atoms with Crippen LogP contribution in [0.2, 0.25) is 0 Å². The van der Waals surface area contributed by atoms with E-state index in [2.05, 4.69) is 10.4 Å². The second-order valence-electron chi connectivity index (χ2n) is 5.96. The van der Waals surface area contributed by atoms with Crippen molar-refractivity contribution in [1.82, 2.24) is 15.1 Å². The lowest BCUT2D eigenvalue weighted by atomic mass is 9.81. The van der Waals surface area contributed by atoms with Crippen LogP contribution >= 0.6 is 0 Å². The van der Waals surface area contributed by atoms with Crippen LogP contribution in [0, 0.1) is 5.41 Å². The highest BCUT2D eigenvalue weighted by Crippen LogP contribution is 2.29. The van der Waals surface area contributed by atoms with Gasteiger partial charge in [0.2, 0.25) is 0 Å². The van der Waals surface area contributed by atoms with Gasteiger partial charge in [0.1, 0.15) is 0 Å². The van der Waals surface area contributed by atoms with E-state index in [0.717, 1.165) is 44.0 Å². The predicted octanol–water partition coefficient (Wildman–Crippen LogP) is 1.75. The van der Waals surface area contributed by atoms with Gasteiger partial charge in [-0.3, -0.25) is 0 Å². The first-order chi connectivity index (χ1) is 10.8. The highest BCUT2D eigenvalue weighted by atomic mass is 16.5. The van der Waals surface area contributed by atoms with Crippen LogP contribution in [-0.2, 0) is 11.3 Å². The monoisotopic (exact) mass is 301 g/mol. The van der Waals surface area contributed by atoms with Gasteiger partial charge in [-0.05, 0) is 31.0 Å². The lowest BCUT2D eigenvalue weighted by Gasteiger charge is -2.35. The molecule has 0 saturated carbocycles. The van der Waals surface area contributed by atoms with Gasteiger partial charge < -0.3 is 15.2 Å². The molecular formula is C17H23N3O2. The number of nitrogens with one attached hydrogen (secondary N) is 1. The van der Waals surface area contributed by atoms with Gasteiger partial charge in [-0.2, -0.15) is 5.10 Å². The van der Waals surface area contributed by atoms with Gasteiger partial charge in [0.15, 0.2) is 0 Å². The van der Waals surface area contributed by atoms with Gasteiger partial charge >= 0.3 is 0 Å². The summed E-state index contributed by atoms with van der Waals surface area (Å²) in [5.41, 5.74) is 2.02. The summed E-state index contributed by atoms with van der Waals surface area (Å²) < 4.78 is 7.27. The van der Waals surface area contributed by atoms with Crippen molar-refractivity contribution >= 4 is 0 Å². The molecule has 5 nitrogen and oxygen atoms in total. The second-order valence-corrected chi connectivity index (χ2v) is 5.96. The Labute approximate surface area is 130 Å². The second kappa shape index (κ2) is 7.05. The van der Waals surface area contributed by atoms with Crippen molar-refractivity contribution in [3.05, 3.63) is 48.3 Å². The minimum Gasteiger partial charge on any atom is -0.396 e. The number of aromatic nitrogens is 2. The molecule has 1 saturated heterocycles. The number of rotatable bonds is 6. The molecule has 3 rings (SSSR count). The van der Waals surface area contributed by atoms with E-state index in [1.54, 1.807) is 0 Å². The third-order valence-electron chi connectivity index (χ3n) is 4.36. The molecule has 1 aliphatic rings. The highest BCUT2D eigenvalue weighted by molar-refractivity contribution is 5.30. The lowest BCUT2D eigenvalue weighted by molar-refractivity contribution is -0.0154. The van der Waals surface area contributed by atoms with Crippen molar-refractivity contribution in [3.63, 3.8) is 0 Å². The smallest absolute Gasteiger partial charge is 0.0766 e. The quantitative estimate of drug-likeness (QED) is 0.853. The van der Waals surface area contributed by atoms with E-state index in [9.17, 15) is 5.11 Å². The van der Waals surface area contributed by atoms with Crippen molar-refractivity contribution in [2.24, 2.45) is 5.41 Å². The molecule has 22 heavy (non-hydrogen) atoms. The molecule has 2 heterocycles. The molecule has 0 spiro atoms. The van der Waals surface area contributed by atoms with Crippen LogP contribution in [-0.4, -0.2) is 41.3 Å². The fraction of sp³-hybridized carbons (Fsp3) is 0.471. The molecule has 2 aromatic rings. The van der Waals surface area contributed by atoms with E-state index in [4.69, 9.17) is 4.74 Å². The third-order valence-corrected chi connectivity index (χ3v) is 4.36. The number of aliphatic hydroxyl groups is 1. The summed E-state index contributed by atoms with van der Waals surface area (Å²) in [4.78, 5) is 0. The fourth-order valence-electron chi connectivity index (χ4n) is 2.83. The number of ether oxygens (including phenoxy) is 1. The first-order valence-electron chi connectivity index (χ1n) is 7.81. The number of aliphatic hydroxyl groups excluding tert-OH is 1. The zero-order valence-electron chi connectivity index (χ0n) is 12.7. The summed E-state index contributed by atoms with van der Waals surface area (Å²) in [5, 5.41) is 17.7. The average molecular weight is 301 g/mol. The normalized spacial score (nSPS) is 17.5. The van der Waals surface area contributed by atoms with Crippen LogP contribution in [0.25, 0.3) is 5.69 Å². The average Bonchev–Trinajstić information content (AvgIpc) is 3.05. The Bertz CT molecular complexity index is 577. The van der Waals surface area contributed by atoms with Gasteiger partial charge in [0.25, 0.3) is 0 Å². The summed E-state index contributed by atoms with van der Waals surface area (Å²) >= 11 is 0. The Morgan fingerprint density at radius 2 is 1.95 bits per heavy atom. The third kappa shape index (κ3) is 3.55. The molecule has 2 N–H and O–H groups in total. The molecule has 1 aromatic carbocycles. The van der Waals surface area contributed by atoms with Gasteiger partial charge in [0.05, 0.1) is 18.0 Å². The van der Waals surface area contributed by atoms with E-state index < -0.39 is 0 Å². The molecule has 5 heteroatoms. The standard InChI is InChI=1S/C17H23N3O2/c21-14-17(7-10-22-11-8-17)13-18-12-15-6-9-20(19-15)16-4-2-1-3-5-16/h1-6,9,18,21H,7-8,10-14H2. The number of para-hydroxylation sites is 1. The Hall–Kier alpha value is -1.69. The molecule has 0 aliphatic carbocycles. The van der Waals surface area contributed by atoms with Crippen LogP contribution in [0.3, 0.4) is 0 Å². The molecular weight excluding hydrogens is 278 g/mol.